The fourth-order valence-electron chi connectivity index (χ4n) is 1.44. The first-order chi connectivity index (χ1) is 9.38. The number of rotatable bonds is 4. The SMILES string of the molecule is C[C@H](O)c1cc([N+](=O)[O-])c(Sc2ccc(Cl)c(Cl)c2)s1. The van der Waals surface area contributed by atoms with E-state index in [-0.39, 0.29) is 5.69 Å². The maximum absolute atomic E-state index is 11.0. The number of aliphatic hydroxyl groups is 1. The van der Waals surface area contributed by atoms with Gasteiger partial charge in [-0.05, 0) is 25.1 Å². The molecule has 1 heterocycles. The minimum atomic E-state index is -0.734. The Bertz CT molecular complexity index is 658. The molecule has 2 aromatic rings. The van der Waals surface area contributed by atoms with Gasteiger partial charge in [0.25, 0.3) is 5.69 Å². The number of aliphatic hydroxyl groups excluding tert-OH is 1. The fourth-order valence-corrected chi connectivity index (χ4v) is 4.10. The van der Waals surface area contributed by atoms with E-state index >= 15 is 0 Å². The van der Waals surface area contributed by atoms with Gasteiger partial charge in [-0.2, -0.15) is 0 Å². The first-order valence-corrected chi connectivity index (χ1v) is 7.86. The smallest absolute Gasteiger partial charge is 0.294 e. The monoisotopic (exact) mass is 349 g/mol. The highest BCUT2D eigenvalue weighted by Gasteiger charge is 2.22. The topological polar surface area (TPSA) is 63.4 Å². The summed E-state index contributed by atoms with van der Waals surface area (Å²) >= 11 is 14.2. The number of hydrogen-bond acceptors (Lipinski definition) is 5. The van der Waals surface area contributed by atoms with E-state index in [9.17, 15) is 15.2 Å². The molecule has 0 bridgehead atoms. The highest BCUT2D eigenvalue weighted by atomic mass is 35.5. The lowest BCUT2D eigenvalue weighted by atomic mass is 10.3. The summed E-state index contributed by atoms with van der Waals surface area (Å²) in [6.07, 6.45) is -0.734. The number of thiophene rings is 1. The summed E-state index contributed by atoms with van der Waals surface area (Å²) < 4.78 is 0.504. The van der Waals surface area contributed by atoms with Crippen molar-refractivity contribution in [2.75, 3.05) is 0 Å². The molecular weight excluding hydrogens is 341 g/mol. The Morgan fingerprint density at radius 1 is 1.35 bits per heavy atom. The molecule has 0 radical (unpaired) electrons. The van der Waals surface area contributed by atoms with Gasteiger partial charge < -0.3 is 5.11 Å². The zero-order valence-electron chi connectivity index (χ0n) is 10.2. The largest absolute Gasteiger partial charge is 0.388 e. The Labute approximate surface area is 133 Å². The molecule has 0 aliphatic rings. The third-order valence-electron chi connectivity index (χ3n) is 2.41. The molecule has 0 spiro atoms. The molecule has 0 fully saturated rings. The van der Waals surface area contributed by atoms with Crippen LogP contribution in [0, 0.1) is 10.1 Å². The van der Waals surface area contributed by atoms with Crippen molar-refractivity contribution < 1.29 is 10.0 Å². The van der Waals surface area contributed by atoms with Gasteiger partial charge in [0.05, 0.1) is 21.1 Å². The Kier molecular flexibility index (Phi) is 4.93. The first kappa shape index (κ1) is 15.6. The van der Waals surface area contributed by atoms with Crippen molar-refractivity contribution in [2.24, 2.45) is 0 Å². The molecule has 8 heteroatoms. The number of benzene rings is 1. The summed E-state index contributed by atoms with van der Waals surface area (Å²) in [5, 5.41) is 21.4. The predicted octanol–water partition coefficient (Wildman–Crippen LogP) is 5.17. The molecule has 0 saturated heterocycles. The number of nitro groups is 1. The zero-order chi connectivity index (χ0) is 14.9. The van der Waals surface area contributed by atoms with Gasteiger partial charge >= 0.3 is 0 Å². The van der Waals surface area contributed by atoms with Crippen LogP contribution in [0.5, 0.6) is 0 Å². The average molecular weight is 350 g/mol. The van der Waals surface area contributed by atoms with E-state index in [0.717, 1.165) is 4.90 Å². The lowest BCUT2D eigenvalue weighted by molar-refractivity contribution is -0.387. The minimum Gasteiger partial charge on any atom is -0.388 e. The van der Waals surface area contributed by atoms with Crippen molar-refractivity contribution in [3.8, 4) is 0 Å². The lowest BCUT2D eigenvalue weighted by Crippen LogP contribution is -1.87. The summed E-state index contributed by atoms with van der Waals surface area (Å²) in [6.45, 7) is 1.57. The minimum absolute atomic E-state index is 0.0121. The highest BCUT2D eigenvalue weighted by molar-refractivity contribution is 8.01. The molecule has 0 amide bonds. The molecule has 0 aliphatic heterocycles. The van der Waals surface area contributed by atoms with Gasteiger partial charge in [-0.15, -0.1) is 11.3 Å². The van der Waals surface area contributed by atoms with Crippen molar-refractivity contribution in [2.45, 2.75) is 22.1 Å². The van der Waals surface area contributed by atoms with Crippen molar-refractivity contribution in [1.82, 2.24) is 0 Å². The van der Waals surface area contributed by atoms with Crippen LogP contribution in [0.2, 0.25) is 10.0 Å². The van der Waals surface area contributed by atoms with Crippen molar-refractivity contribution >= 4 is 52.0 Å². The van der Waals surface area contributed by atoms with E-state index in [1.807, 2.05) is 0 Å². The maximum Gasteiger partial charge on any atom is 0.294 e. The number of hydrogen-bond donors (Lipinski definition) is 1. The molecule has 0 unspecified atom stereocenters. The van der Waals surface area contributed by atoms with Crippen LogP contribution in [0.25, 0.3) is 0 Å². The summed E-state index contributed by atoms with van der Waals surface area (Å²) in [6, 6.07) is 6.43. The second-order valence-electron chi connectivity index (χ2n) is 3.93. The molecule has 20 heavy (non-hydrogen) atoms. The second kappa shape index (κ2) is 6.32. The Morgan fingerprint density at radius 3 is 2.60 bits per heavy atom. The van der Waals surface area contributed by atoms with Crippen LogP contribution in [-0.2, 0) is 0 Å². The third kappa shape index (κ3) is 3.45. The molecule has 4 nitrogen and oxygen atoms in total. The fraction of sp³-hybridized carbons (Fsp3) is 0.167. The van der Waals surface area contributed by atoms with Crippen molar-refractivity contribution in [3.05, 3.63) is 49.3 Å². The van der Waals surface area contributed by atoms with Crippen LogP contribution in [0.4, 0.5) is 5.69 Å². The molecular formula is C12H9Cl2NO3S2. The van der Waals surface area contributed by atoms with Gasteiger partial charge in [0.2, 0.25) is 0 Å². The standard InChI is InChI=1S/C12H9Cl2NO3S2/c1-6(16)11-5-10(15(17)18)12(20-11)19-7-2-3-8(13)9(14)4-7/h2-6,16H,1H3/t6-/m0/s1. The van der Waals surface area contributed by atoms with Crippen LogP contribution in [0.15, 0.2) is 33.4 Å². The van der Waals surface area contributed by atoms with E-state index in [1.165, 1.54) is 29.2 Å². The van der Waals surface area contributed by atoms with E-state index in [2.05, 4.69) is 0 Å². The van der Waals surface area contributed by atoms with Gasteiger partial charge in [-0.25, -0.2) is 0 Å². The molecule has 2 rings (SSSR count). The molecule has 0 saturated carbocycles. The molecule has 1 aromatic carbocycles. The maximum atomic E-state index is 11.0. The first-order valence-electron chi connectivity index (χ1n) is 5.47. The predicted molar refractivity (Wildman–Crippen MR) is 82.2 cm³/mol. The third-order valence-corrected chi connectivity index (χ3v) is 5.62. The lowest BCUT2D eigenvalue weighted by Gasteiger charge is -2.01. The zero-order valence-corrected chi connectivity index (χ0v) is 13.3. The van der Waals surface area contributed by atoms with Crippen molar-refractivity contribution in [1.29, 1.82) is 0 Å². The van der Waals surface area contributed by atoms with Crippen LogP contribution < -0.4 is 0 Å². The summed E-state index contributed by atoms with van der Waals surface area (Å²) in [4.78, 5) is 11.9. The van der Waals surface area contributed by atoms with E-state index in [1.54, 1.807) is 25.1 Å². The van der Waals surface area contributed by atoms with E-state index < -0.39 is 11.0 Å². The van der Waals surface area contributed by atoms with Gasteiger partial charge in [0.1, 0.15) is 4.21 Å². The highest BCUT2D eigenvalue weighted by Crippen LogP contribution is 2.43. The summed E-state index contributed by atoms with van der Waals surface area (Å²) in [5.74, 6) is 0. The molecule has 1 N–H and O–H groups in total. The molecule has 106 valence electrons. The van der Waals surface area contributed by atoms with Gasteiger partial charge in [0, 0.05) is 15.8 Å². The second-order valence-corrected chi connectivity index (χ2v) is 7.17. The van der Waals surface area contributed by atoms with Gasteiger partial charge in [-0.3, -0.25) is 10.1 Å². The number of halogens is 2. The molecule has 0 aliphatic carbocycles. The number of nitrogens with zero attached hydrogens (tertiary/aromatic N) is 1. The molecule has 1 atom stereocenters. The van der Waals surface area contributed by atoms with Crippen LogP contribution in [0.1, 0.15) is 17.9 Å². The van der Waals surface area contributed by atoms with E-state index in [0.29, 0.717) is 19.1 Å². The van der Waals surface area contributed by atoms with Gasteiger partial charge in [-0.1, -0.05) is 35.0 Å². The summed E-state index contributed by atoms with van der Waals surface area (Å²) in [7, 11) is 0. The van der Waals surface area contributed by atoms with E-state index in [4.69, 9.17) is 23.2 Å². The average Bonchev–Trinajstić information content (AvgIpc) is 2.78. The Hall–Kier alpha value is -0.790. The Morgan fingerprint density at radius 2 is 2.05 bits per heavy atom. The van der Waals surface area contributed by atoms with Crippen LogP contribution >= 0.6 is 46.3 Å². The quantitative estimate of drug-likeness (QED) is 0.610. The van der Waals surface area contributed by atoms with Gasteiger partial charge in [0.15, 0.2) is 0 Å². The summed E-state index contributed by atoms with van der Waals surface area (Å²) in [5.41, 5.74) is -0.0121. The van der Waals surface area contributed by atoms with Crippen LogP contribution in [0.3, 0.4) is 0 Å². The Balaban J connectivity index is 2.36. The van der Waals surface area contributed by atoms with Crippen molar-refractivity contribution in [3.63, 3.8) is 0 Å². The molecule has 1 aromatic heterocycles. The normalized spacial score (nSPS) is 12.4. The van der Waals surface area contributed by atoms with Crippen LogP contribution in [-0.4, -0.2) is 10.0 Å².